The number of carbonyl (C=O) groups excluding carboxylic acids is 1. The molecule has 0 bridgehead atoms. The number of amides is 1. The predicted molar refractivity (Wildman–Crippen MR) is 80.8 cm³/mol. The summed E-state index contributed by atoms with van der Waals surface area (Å²) < 4.78 is 38.3. The summed E-state index contributed by atoms with van der Waals surface area (Å²) in [5, 5.41) is 12.2. The first kappa shape index (κ1) is 18.5. The van der Waals surface area contributed by atoms with Crippen LogP contribution >= 0.6 is 0 Å². The van der Waals surface area contributed by atoms with E-state index in [1.807, 2.05) is 0 Å². The molecule has 2 atom stereocenters. The van der Waals surface area contributed by atoms with E-state index in [4.69, 9.17) is 0 Å². The lowest BCUT2D eigenvalue weighted by molar-refractivity contribution is -0.186. The lowest BCUT2D eigenvalue weighted by atomic mass is 9.80. The van der Waals surface area contributed by atoms with Crippen molar-refractivity contribution in [3.63, 3.8) is 0 Å². The minimum Gasteiger partial charge on any atom is -0.393 e. The molecule has 2 aliphatic rings. The van der Waals surface area contributed by atoms with Gasteiger partial charge in [0.2, 0.25) is 5.91 Å². The number of halogens is 3. The van der Waals surface area contributed by atoms with Crippen molar-refractivity contribution < 1.29 is 23.1 Å². The number of hydrogen-bond donors (Lipinski definition) is 2. The topological polar surface area (TPSA) is 52.6 Å². The molecular formula is C16H27F3N2O2. The Balaban J connectivity index is 1.63. The van der Waals surface area contributed by atoms with Gasteiger partial charge in [0.15, 0.2) is 0 Å². The second-order valence-electron chi connectivity index (χ2n) is 6.82. The summed E-state index contributed by atoms with van der Waals surface area (Å²) in [5.74, 6) is -2.06. The Hall–Kier alpha value is -0.820. The zero-order chi connectivity index (χ0) is 16.9. The van der Waals surface area contributed by atoms with Crippen molar-refractivity contribution in [1.29, 1.82) is 0 Å². The van der Waals surface area contributed by atoms with Crippen LogP contribution in [0.1, 0.15) is 44.9 Å². The molecule has 0 aromatic carbocycles. The Labute approximate surface area is 135 Å². The SMILES string of the molecule is O=C(NCCCN1CCC(O)CC1)C1CCCC(C(F)(F)F)C1. The molecule has 0 aromatic heterocycles. The van der Waals surface area contributed by atoms with E-state index in [2.05, 4.69) is 10.2 Å². The molecule has 7 heteroatoms. The lowest BCUT2D eigenvalue weighted by Gasteiger charge is -2.30. The van der Waals surface area contributed by atoms with Crippen molar-refractivity contribution in [2.24, 2.45) is 11.8 Å². The maximum absolute atomic E-state index is 12.8. The summed E-state index contributed by atoms with van der Waals surface area (Å²) in [6.07, 6.45) is -0.914. The molecule has 2 fully saturated rings. The third-order valence-corrected chi connectivity index (χ3v) is 5.02. The maximum atomic E-state index is 12.8. The van der Waals surface area contributed by atoms with E-state index < -0.39 is 18.0 Å². The van der Waals surface area contributed by atoms with Gasteiger partial charge in [-0.2, -0.15) is 13.2 Å². The standard InChI is InChI=1S/C16H27F3N2O2/c17-16(18,19)13-4-1-3-12(11-13)15(23)20-7-2-8-21-9-5-14(22)6-10-21/h12-14,22H,1-11H2,(H,20,23). The largest absolute Gasteiger partial charge is 0.393 e. The van der Waals surface area contributed by atoms with E-state index in [9.17, 15) is 23.1 Å². The number of nitrogens with one attached hydrogen (secondary N) is 1. The molecule has 0 radical (unpaired) electrons. The summed E-state index contributed by atoms with van der Waals surface area (Å²) in [5.41, 5.74) is 0. The van der Waals surface area contributed by atoms with Gasteiger partial charge in [-0.25, -0.2) is 0 Å². The van der Waals surface area contributed by atoms with Gasteiger partial charge in [0.05, 0.1) is 12.0 Å². The van der Waals surface area contributed by atoms with E-state index in [0.29, 0.717) is 19.4 Å². The number of rotatable bonds is 5. The highest BCUT2D eigenvalue weighted by atomic mass is 19.4. The smallest absolute Gasteiger partial charge is 0.391 e. The quantitative estimate of drug-likeness (QED) is 0.758. The highest BCUT2D eigenvalue weighted by molar-refractivity contribution is 5.78. The zero-order valence-electron chi connectivity index (χ0n) is 13.4. The van der Waals surface area contributed by atoms with Crippen molar-refractivity contribution in [3.8, 4) is 0 Å². The monoisotopic (exact) mass is 336 g/mol. The highest BCUT2D eigenvalue weighted by Crippen LogP contribution is 2.39. The second kappa shape index (κ2) is 8.33. The lowest BCUT2D eigenvalue weighted by Crippen LogP contribution is -2.39. The number of nitrogens with zero attached hydrogens (tertiary/aromatic N) is 1. The van der Waals surface area contributed by atoms with Crippen LogP contribution in [0.3, 0.4) is 0 Å². The van der Waals surface area contributed by atoms with Crippen molar-refractivity contribution in [3.05, 3.63) is 0 Å². The summed E-state index contributed by atoms with van der Waals surface area (Å²) in [6.45, 7) is 3.09. The van der Waals surface area contributed by atoms with E-state index in [1.165, 1.54) is 0 Å². The van der Waals surface area contributed by atoms with Crippen LogP contribution in [0, 0.1) is 11.8 Å². The van der Waals surface area contributed by atoms with Gasteiger partial charge in [0, 0.05) is 25.6 Å². The van der Waals surface area contributed by atoms with Crippen LogP contribution in [0.2, 0.25) is 0 Å². The number of aliphatic hydroxyl groups is 1. The van der Waals surface area contributed by atoms with Crippen molar-refractivity contribution in [2.45, 2.75) is 57.2 Å². The molecule has 134 valence electrons. The summed E-state index contributed by atoms with van der Waals surface area (Å²) >= 11 is 0. The van der Waals surface area contributed by atoms with Gasteiger partial charge < -0.3 is 15.3 Å². The van der Waals surface area contributed by atoms with Crippen LogP contribution in [-0.4, -0.2) is 54.4 Å². The minimum absolute atomic E-state index is 0.0701. The highest BCUT2D eigenvalue weighted by Gasteiger charge is 2.43. The van der Waals surface area contributed by atoms with Gasteiger partial charge in [0.25, 0.3) is 0 Å². The molecule has 1 heterocycles. The fourth-order valence-corrected chi connectivity index (χ4v) is 3.53. The van der Waals surface area contributed by atoms with Gasteiger partial charge in [-0.1, -0.05) is 6.42 Å². The van der Waals surface area contributed by atoms with Gasteiger partial charge in [-0.3, -0.25) is 4.79 Å². The molecule has 23 heavy (non-hydrogen) atoms. The molecule has 1 saturated heterocycles. The maximum Gasteiger partial charge on any atom is 0.391 e. The number of alkyl halides is 3. The van der Waals surface area contributed by atoms with Crippen molar-refractivity contribution in [1.82, 2.24) is 10.2 Å². The summed E-state index contributed by atoms with van der Waals surface area (Å²) in [7, 11) is 0. The first-order chi connectivity index (χ1) is 10.9. The normalized spacial score (nSPS) is 27.8. The Kier molecular flexibility index (Phi) is 6.71. The molecule has 4 nitrogen and oxygen atoms in total. The molecule has 0 aromatic rings. The first-order valence-electron chi connectivity index (χ1n) is 8.61. The van der Waals surface area contributed by atoms with Crippen LogP contribution in [0.5, 0.6) is 0 Å². The fourth-order valence-electron chi connectivity index (χ4n) is 3.53. The van der Waals surface area contributed by atoms with E-state index in [0.717, 1.165) is 38.9 Å². The third kappa shape index (κ3) is 5.95. The van der Waals surface area contributed by atoms with E-state index in [1.54, 1.807) is 0 Å². The summed E-state index contributed by atoms with van der Waals surface area (Å²) in [6, 6.07) is 0. The number of piperidine rings is 1. The zero-order valence-corrected chi connectivity index (χ0v) is 13.4. The molecule has 2 N–H and O–H groups in total. The van der Waals surface area contributed by atoms with Crippen molar-refractivity contribution in [2.75, 3.05) is 26.2 Å². The summed E-state index contributed by atoms with van der Waals surface area (Å²) in [4.78, 5) is 14.3. The van der Waals surface area contributed by atoms with Crippen LogP contribution in [0.4, 0.5) is 13.2 Å². The van der Waals surface area contributed by atoms with Gasteiger partial charge >= 0.3 is 6.18 Å². The molecule has 2 rings (SSSR count). The first-order valence-corrected chi connectivity index (χ1v) is 8.61. The number of carbonyl (C=O) groups is 1. The molecular weight excluding hydrogens is 309 g/mol. The predicted octanol–water partition coefficient (Wildman–Crippen LogP) is 2.32. The van der Waals surface area contributed by atoms with E-state index in [-0.39, 0.29) is 24.9 Å². The van der Waals surface area contributed by atoms with Crippen LogP contribution < -0.4 is 5.32 Å². The molecule has 1 aliphatic heterocycles. The number of aliphatic hydroxyl groups excluding tert-OH is 1. The minimum atomic E-state index is -4.18. The third-order valence-electron chi connectivity index (χ3n) is 5.02. The molecule has 1 aliphatic carbocycles. The Morgan fingerprint density at radius 1 is 1.17 bits per heavy atom. The van der Waals surface area contributed by atoms with Gasteiger partial charge in [-0.15, -0.1) is 0 Å². The van der Waals surface area contributed by atoms with Gasteiger partial charge in [0.1, 0.15) is 0 Å². The molecule has 1 amide bonds. The Bertz CT molecular complexity index is 382. The Morgan fingerprint density at radius 3 is 2.52 bits per heavy atom. The molecule has 1 saturated carbocycles. The van der Waals surface area contributed by atoms with Crippen molar-refractivity contribution >= 4 is 5.91 Å². The average Bonchev–Trinajstić information content (AvgIpc) is 2.52. The Morgan fingerprint density at radius 2 is 1.87 bits per heavy atom. The second-order valence-corrected chi connectivity index (χ2v) is 6.82. The van der Waals surface area contributed by atoms with Gasteiger partial charge in [-0.05, 0) is 45.1 Å². The van der Waals surface area contributed by atoms with Crippen LogP contribution in [0.15, 0.2) is 0 Å². The average molecular weight is 336 g/mol. The number of hydrogen-bond acceptors (Lipinski definition) is 3. The number of likely N-dealkylation sites (tertiary alicyclic amines) is 1. The van der Waals surface area contributed by atoms with E-state index >= 15 is 0 Å². The van der Waals surface area contributed by atoms with Crippen LogP contribution in [-0.2, 0) is 4.79 Å². The molecule has 0 spiro atoms. The fraction of sp³-hybridized carbons (Fsp3) is 0.938. The van der Waals surface area contributed by atoms with Crippen LogP contribution in [0.25, 0.3) is 0 Å². The molecule has 2 unspecified atom stereocenters.